The molecular formula is C15H12N2. The Labute approximate surface area is 101 Å². The molecule has 0 heterocycles. The smallest absolute Gasteiger partial charge is 0.148 e. The fourth-order valence-corrected chi connectivity index (χ4v) is 1.58. The predicted octanol–water partition coefficient (Wildman–Crippen LogP) is 3.64. The Kier molecular flexibility index (Phi) is 3.32. The first-order chi connectivity index (χ1) is 8.29. The minimum Gasteiger partial charge on any atom is -0.237 e. The summed E-state index contributed by atoms with van der Waals surface area (Å²) in [6.07, 6.45) is 0. The van der Waals surface area contributed by atoms with E-state index < -0.39 is 0 Å². The molecule has 2 aromatic rings. The van der Waals surface area contributed by atoms with Crippen LogP contribution >= 0.6 is 0 Å². The number of aryl methyl sites for hydroxylation is 1. The van der Waals surface area contributed by atoms with Crippen LogP contribution in [0.15, 0.2) is 59.6 Å². The molecule has 0 atom stereocenters. The third kappa shape index (κ3) is 2.79. The molecule has 0 radical (unpaired) electrons. The van der Waals surface area contributed by atoms with Crippen molar-refractivity contribution in [2.45, 2.75) is 6.92 Å². The molecule has 2 heteroatoms. The average Bonchev–Trinajstić information content (AvgIpc) is 2.37. The Hall–Kier alpha value is -2.40. The molecule has 0 bridgehead atoms. The molecule has 2 nitrogen and oxygen atoms in total. The predicted molar refractivity (Wildman–Crippen MR) is 69.4 cm³/mol. The van der Waals surface area contributed by atoms with Crippen molar-refractivity contribution in [2.24, 2.45) is 4.99 Å². The second-order valence-corrected chi connectivity index (χ2v) is 3.78. The van der Waals surface area contributed by atoms with Gasteiger partial charge in [0.2, 0.25) is 0 Å². The van der Waals surface area contributed by atoms with Gasteiger partial charge in [0.25, 0.3) is 0 Å². The molecule has 2 aromatic carbocycles. The van der Waals surface area contributed by atoms with Crippen LogP contribution in [0.4, 0.5) is 5.69 Å². The zero-order valence-electron chi connectivity index (χ0n) is 9.59. The standard InChI is InChI=1S/C15H12N2/c1-12-6-5-9-14(10-12)17-15(11-16)13-7-3-2-4-8-13/h2-10H,1H3. The lowest BCUT2D eigenvalue weighted by Gasteiger charge is -1.99. The Morgan fingerprint density at radius 3 is 2.47 bits per heavy atom. The number of hydrogen-bond acceptors (Lipinski definition) is 2. The highest BCUT2D eigenvalue weighted by atomic mass is 14.7. The van der Waals surface area contributed by atoms with E-state index in [1.807, 2.05) is 61.5 Å². The highest BCUT2D eigenvalue weighted by Crippen LogP contribution is 2.15. The van der Waals surface area contributed by atoms with Gasteiger partial charge in [-0.3, -0.25) is 0 Å². The first-order valence-electron chi connectivity index (χ1n) is 5.40. The summed E-state index contributed by atoms with van der Waals surface area (Å²) in [7, 11) is 0. The van der Waals surface area contributed by atoms with Gasteiger partial charge >= 0.3 is 0 Å². The van der Waals surface area contributed by atoms with Gasteiger partial charge in [0.05, 0.1) is 5.69 Å². The molecule has 0 spiro atoms. The van der Waals surface area contributed by atoms with Crippen LogP contribution in [-0.2, 0) is 0 Å². The molecule has 0 saturated carbocycles. The van der Waals surface area contributed by atoms with Gasteiger partial charge in [0.15, 0.2) is 0 Å². The van der Waals surface area contributed by atoms with Gasteiger partial charge < -0.3 is 0 Å². The minimum absolute atomic E-state index is 0.441. The van der Waals surface area contributed by atoms with Gasteiger partial charge in [-0.15, -0.1) is 0 Å². The molecule has 0 aromatic heterocycles. The fraction of sp³-hybridized carbons (Fsp3) is 0.0667. The van der Waals surface area contributed by atoms with Crippen molar-refractivity contribution >= 4 is 11.4 Å². The van der Waals surface area contributed by atoms with Crippen molar-refractivity contribution in [2.75, 3.05) is 0 Å². The molecule has 0 aliphatic heterocycles. The van der Waals surface area contributed by atoms with E-state index >= 15 is 0 Å². The third-order valence-electron chi connectivity index (χ3n) is 2.40. The van der Waals surface area contributed by atoms with Crippen LogP contribution in [0.25, 0.3) is 0 Å². The Balaban J connectivity index is 2.41. The Bertz CT molecular complexity index is 577. The molecule has 17 heavy (non-hydrogen) atoms. The number of aliphatic imine (C=N–C) groups is 1. The van der Waals surface area contributed by atoms with Crippen LogP contribution in [0.5, 0.6) is 0 Å². The van der Waals surface area contributed by atoms with Crippen LogP contribution in [-0.4, -0.2) is 5.71 Å². The van der Waals surface area contributed by atoms with Gasteiger partial charge in [-0.25, -0.2) is 4.99 Å². The number of nitriles is 1. The van der Waals surface area contributed by atoms with Crippen LogP contribution in [0.1, 0.15) is 11.1 Å². The molecule has 2 rings (SSSR count). The van der Waals surface area contributed by atoms with Crippen molar-refractivity contribution < 1.29 is 0 Å². The van der Waals surface area contributed by atoms with E-state index in [1.54, 1.807) is 0 Å². The first-order valence-corrected chi connectivity index (χ1v) is 5.40. The number of hydrogen-bond donors (Lipinski definition) is 0. The summed E-state index contributed by atoms with van der Waals surface area (Å²) in [6, 6.07) is 19.4. The van der Waals surface area contributed by atoms with Crippen molar-refractivity contribution in [1.29, 1.82) is 5.26 Å². The second-order valence-electron chi connectivity index (χ2n) is 3.78. The maximum atomic E-state index is 9.13. The zero-order valence-corrected chi connectivity index (χ0v) is 9.59. The van der Waals surface area contributed by atoms with Gasteiger partial charge in [0.1, 0.15) is 11.8 Å². The number of benzene rings is 2. The van der Waals surface area contributed by atoms with Crippen molar-refractivity contribution in [1.82, 2.24) is 0 Å². The first kappa shape index (κ1) is 11.1. The van der Waals surface area contributed by atoms with Crippen LogP contribution in [0, 0.1) is 18.3 Å². The topological polar surface area (TPSA) is 36.1 Å². The van der Waals surface area contributed by atoms with E-state index in [-0.39, 0.29) is 0 Å². The van der Waals surface area contributed by atoms with Gasteiger partial charge in [-0.05, 0) is 24.6 Å². The van der Waals surface area contributed by atoms with E-state index in [0.29, 0.717) is 5.71 Å². The normalized spacial score (nSPS) is 10.9. The van der Waals surface area contributed by atoms with Gasteiger partial charge in [-0.1, -0.05) is 42.5 Å². The lowest BCUT2D eigenvalue weighted by molar-refractivity contribution is 1.42. The van der Waals surface area contributed by atoms with E-state index in [2.05, 4.69) is 11.1 Å². The molecule has 82 valence electrons. The summed E-state index contributed by atoms with van der Waals surface area (Å²) >= 11 is 0. The fourth-order valence-electron chi connectivity index (χ4n) is 1.58. The van der Waals surface area contributed by atoms with E-state index in [1.165, 1.54) is 0 Å². The largest absolute Gasteiger partial charge is 0.237 e. The van der Waals surface area contributed by atoms with Crippen molar-refractivity contribution in [3.8, 4) is 6.07 Å². The van der Waals surface area contributed by atoms with Crippen LogP contribution < -0.4 is 0 Å². The summed E-state index contributed by atoms with van der Waals surface area (Å²) in [5.74, 6) is 0. The van der Waals surface area contributed by atoms with E-state index in [9.17, 15) is 0 Å². The zero-order chi connectivity index (χ0) is 12.1. The molecule has 0 aliphatic rings. The average molecular weight is 220 g/mol. The monoisotopic (exact) mass is 220 g/mol. The van der Waals surface area contributed by atoms with E-state index in [0.717, 1.165) is 16.8 Å². The summed E-state index contributed by atoms with van der Waals surface area (Å²) in [5.41, 5.74) is 3.23. The van der Waals surface area contributed by atoms with Crippen LogP contribution in [0.3, 0.4) is 0 Å². The highest BCUT2D eigenvalue weighted by molar-refractivity contribution is 6.12. The Morgan fingerprint density at radius 1 is 1.06 bits per heavy atom. The molecule has 0 aliphatic carbocycles. The summed E-state index contributed by atoms with van der Waals surface area (Å²) in [5, 5.41) is 9.13. The van der Waals surface area contributed by atoms with E-state index in [4.69, 9.17) is 5.26 Å². The molecule has 0 saturated heterocycles. The Morgan fingerprint density at radius 2 is 1.82 bits per heavy atom. The molecule has 0 N–H and O–H groups in total. The molecular weight excluding hydrogens is 208 g/mol. The molecule has 0 fully saturated rings. The van der Waals surface area contributed by atoms with Gasteiger partial charge in [0, 0.05) is 5.56 Å². The van der Waals surface area contributed by atoms with Crippen molar-refractivity contribution in [3.63, 3.8) is 0 Å². The highest BCUT2D eigenvalue weighted by Gasteiger charge is 2.01. The SMILES string of the molecule is Cc1cccc(N=C(C#N)c2ccccc2)c1. The quantitative estimate of drug-likeness (QED) is 0.712. The summed E-state index contributed by atoms with van der Waals surface area (Å²) < 4.78 is 0. The number of nitrogens with zero attached hydrogens (tertiary/aromatic N) is 2. The van der Waals surface area contributed by atoms with Crippen LogP contribution in [0.2, 0.25) is 0 Å². The van der Waals surface area contributed by atoms with Crippen molar-refractivity contribution in [3.05, 3.63) is 65.7 Å². The second kappa shape index (κ2) is 5.09. The van der Waals surface area contributed by atoms with Gasteiger partial charge in [-0.2, -0.15) is 5.26 Å². The lowest BCUT2D eigenvalue weighted by Crippen LogP contribution is -1.95. The third-order valence-corrected chi connectivity index (χ3v) is 2.40. The summed E-state index contributed by atoms with van der Waals surface area (Å²) in [6.45, 7) is 2.01. The lowest BCUT2D eigenvalue weighted by atomic mass is 10.1. The maximum Gasteiger partial charge on any atom is 0.148 e. The minimum atomic E-state index is 0.441. The molecule has 0 unspecified atom stereocenters. The summed E-state index contributed by atoms with van der Waals surface area (Å²) in [4.78, 5) is 4.36. The maximum absolute atomic E-state index is 9.13. The molecule has 0 amide bonds. The number of rotatable bonds is 2.